The van der Waals surface area contributed by atoms with Crippen LogP contribution in [0, 0.1) is 0 Å². The van der Waals surface area contributed by atoms with Crippen molar-refractivity contribution in [2.24, 2.45) is 0 Å². The predicted octanol–water partition coefficient (Wildman–Crippen LogP) is 1.99. The Hall–Kier alpha value is -2.42. The van der Waals surface area contributed by atoms with E-state index >= 15 is 0 Å². The minimum absolute atomic E-state index is 0.175. The third-order valence-electron chi connectivity index (χ3n) is 4.63. The van der Waals surface area contributed by atoms with Gasteiger partial charge in [-0.15, -0.1) is 0 Å². The Morgan fingerprint density at radius 3 is 2.25 bits per heavy atom. The molecular formula is C20H24N2O5S. The van der Waals surface area contributed by atoms with Crippen LogP contribution in [0.5, 0.6) is 5.75 Å². The molecule has 2 aromatic rings. The Bertz CT molecular complexity index is 905. The number of sulfonamides is 1. The number of methoxy groups -OCH3 is 1. The van der Waals surface area contributed by atoms with Crippen molar-refractivity contribution in [3.05, 3.63) is 59.7 Å². The lowest BCUT2D eigenvalue weighted by molar-refractivity contribution is 0.0730. The van der Waals surface area contributed by atoms with Crippen LogP contribution >= 0.6 is 0 Å². The fraction of sp³-hybridized carbons (Fsp3) is 0.350. The summed E-state index contributed by atoms with van der Waals surface area (Å²) >= 11 is 0. The van der Waals surface area contributed by atoms with E-state index in [9.17, 15) is 13.2 Å². The van der Waals surface area contributed by atoms with Crippen LogP contribution in [0.4, 0.5) is 0 Å². The summed E-state index contributed by atoms with van der Waals surface area (Å²) in [6.07, 6.45) is 0. The van der Waals surface area contributed by atoms with Gasteiger partial charge in [-0.05, 0) is 42.0 Å². The zero-order valence-electron chi connectivity index (χ0n) is 16.0. The lowest BCUT2D eigenvalue weighted by Crippen LogP contribution is -2.40. The molecule has 1 heterocycles. The molecular weight excluding hydrogens is 380 g/mol. The number of ether oxygens (including phenoxy) is 2. The number of nitrogens with zero attached hydrogens (tertiary/aromatic N) is 2. The zero-order valence-corrected chi connectivity index (χ0v) is 16.8. The van der Waals surface area contributed by atoms with Gasteiger partial charge in [0.1, 0.15) is 5.75 Å². The van der Waals surface area contributed by atoms with Crippen LogP contribution in [0.1, 0.15) is 15.9 Å². The quantitative estimate of drug-likeness (QED) is 0.736. The van der Waals surface area contributed by atoms with Crippen molar-refractivity contribution in [1.82, 2.24) is 9.21 Å². The summed E-state index contributed by atoms with van der Waals surface area (Å²) in [4.78, 5) is 14.4. The Morgan fingerprint density at radius 2 is 1.68 bits per heavy atom. The number of hydrogen-bond acceptors (Lipinski definition) is 5. The molecule has 1 aliphatic heterocycles. The number of carbonyl (C=O) groups is 1. The number of rotatable bonds is 6. The third kappa shape index (κ3) is 4.52. The van der Waals surface area contributed by atoms with Crippen LogP contribution in [0.2, 0.25) is 0 Å². The van der Waals surface area contributed by atoms with E-state index in [1.807, 2.05) is 24.3 Å². The summed E-state index contributed by atoms with van der Waals surface area (Å²) < 4.78 is 37.1. The smallest absolute Gasteiger partial charge is 0.253 e. The van der Waals surface area contributed by atoms with Crippen molar-refractivity contribution in [2.45, 2.75) is 11.4 Å². The van der Waals surface area contributed by atoms with Gasteiger partial charge in [0, 0.05) is 32.2 Å². The molecule has 0 N–H and O–H groups in total. The minimum Gasteiger partial charge on any atom is -0.497 e. The summed E-state index contributed by atoms with van der Waals surface area (Å²) in [7, 11) is -0.245. The average molecular weight is 404 g/mol. The Balaban J connectivity index is 1.68. The van der Waals surface area contributed by atoms with Crippen molar-refractivity contribution >= 4 is 15.9 Å². The van der Waals surface area contributed by atoms with Gasteiger partial charge in [-0.25, -0.2) is 8.42 Å². The first-order valence-corrected chi connectivity index (χ1v) is 10.4. The molecule has 0 saturated carbocycles. The number of amides is 1. The summed E-state index contributed by atoms with van der Waals surface area (Å²) in [6, 6.07) is 13.6. The number of benzene rings is 2. The molecule has 3 rings (SSSR count). The fourth-order valence-electron chi connectivity index (χ4n) is 3.00. The highest BCUT2D eigenvalue weighted by molar-refractivity contribution is 7.89. The summed E-state index contributed by atoms with van der Waals surface area (Å²) in [6.45, 7) is 1.91. The summed E-state index contributed by atoms with van der Waals surface area (Å²) in [5.41, 5.74) is 1.42. The van der Waals surface area contributed by atoms with Gasteiger partial charge in [0.2, 0.25) is 10.0 Å². The Labute approximate surface area is 165 Å². The molecule has 0 aliphatic carbocycles. The molecule has 0 unspecified atom stereocenters. The molecule has 2 aromatic carbocycles. The van der Waals surface area contributed by atoms with Gasteiger partial charge in [-0.2, -0.15) is 4.31 Å². The Morgan fingerprint density at radius 1 is 1.07 bits per heavy atom. The summed E-state index contributed by atoms with van der Waals surface area (Å²) in [5.74, 6) is 0.584. The maximum Gasteiger partial charge on any atom is 0.253 e. The van der Waals surface area contributed by atoms with E-state index in [1.165, 1.54) is 16.4 Å². The molecule has 1 aliphatic rings. The van der Waals surface area contributed by atoms with Gasteiger partial charge < -0.3 is 14.4 Å². The molecule has 0 atom stereocenters. The number of morpholine rings is 1. The SMILES string of the molecule is COc1ccc(CN(C)C(=O)c2ccc(S(=O)(=O)N3CCOCC3)cc2)cc1. The second-order valence-electron chi connectivity index (χ2n) is 6.55. The second kappa shape index (κ2) is 8.72. The number of hydrogen-bond donors (Lipinski definition) is 0. The van der Waals surface area contributed by atoms with Crippen molar-refractivity contribution < 1.29 is 22.7 Å². The first-order chi connectivity index (χ1) is 13.4. The lowest BCUT2D eigenvalue weighted by Gasteiger charge is -2.26. The Kier molecular flexibility index (Phi) is 6.33. The molecule has 1 fully saturated rings. The molecule has 28 heavy (non-hydrogen) atoms. The zero-order chi connectivity index (χ0) is 20.1. The normalized spacial score (nSPS) is 15.2. The highest BCUT2D eigenvalue weighted by atomic mass is 32.2. The molecule has 0 aromatic heterocycles. The standard InChI is InChI=1S/C20H24N2O5S/c1-21(15-16-3-7-18(26-2)8-4-16)20(23)17-5-9-19(10-6-17)28(24,25)22-11-13-27-14-12-22/h3-10H,11-15H2,1-2H3. The minimum atomic E-state index is -3.56. The van der Waals surface area contributed by atoms with E-state index < -0.39 is 10.0 Å². The van der Waals surface area contributed by atoms with E-state index in [0.717, 1.165) is 11.3 Å². The van der Waals surface area contributed by atoms with Crippen LogP contribution in [-0.4, -0.2) is 64.0 Å². The van der Waals surface area contributed by atoms with Crippen LogP contribution in [0.15, 0.2) is 53.4 Å². The van der Waals surface area contributed by atoms with Gasteiger partial charge in [0.15, 0.2) is 0 Å². The van der Waals surface area contributed by atoms with Gasteiger partial charge in [0.05, 0.1) is 25.2 Å². The highest BCUT2D eigenvalue weighted by Gasteiger charge is 2.26. The second-order valence-corrected chi connectivity index (χ2v) is 8.49. The van der Waals surface area contributed by atoms with E-state index in [4.69, 9.17) is 9.47 Å². The van der Waals surface area contributed by atoms with Crippen LogP contribution < -0.4 is 4.74 Å². The van der Waals surface area contributed by atoms with E-state index in [2.05, 4.69) is 0 Å². The molecule has 8 heteroatoms. The molecule has 0 spiro atoms. The molecule has 0 radical (unpaired) electrons. The largest absolute Gasteiger partial charge is 0.497 e. The van der Waals surface area contributed by atoms with E-state index in [-0.39, 0.29) is 10.8 Å². The molecule has 150 valence electrons. The predicted molar refractivity (Wildman–Crippen MR) is 105 cm³/mol. The monoisotopic (exact) mass is 404 g/mol. The molecule has 1 saturated heterocycles. The van der Waals surface area contributed by atoms with Crippen LogP contribution in [-0.2, 0) is 21.3 Å². The third-order valence-corrected chi connectivity index (χ3v) is 6.55. The molecule has 1 amide bonds. The van der Waals surface area contributed by atoms with E-state index in [1.54, 1.807) is 31.2 Å². The fourth-order valence-corrected chi connectivity index (χ4v) is 4.41. The van der Waals surface area contributed by atoms with Gasteiger partial charge >= 0.3 is 0 Å². The topological polar surface area (TPSA) is 76.2 Å². The van der Waals surface area contributed by atoms with E-state index in [0.29, 0.717) is 38.4 Å². The lowest BCUT2D eigenvalue weighted by atomic mass is 10.1. The maximum atomic E-state index is 12.7. The molecule has 7 nitrogen and oxygen atoms in total. The van der Waals surface area contributed by atoms with Gasteiger partial charge in [0.25, 0.3) is 5.91 Å². The first kappa shape index (κ1) is 20.3. The van der Waals surface area contributed by atoms with Gasteiger partial charge in [-0.3, -0.25) is 4.79 Å². The summed E-state index contributed by atoms with van der Waals surface area (Å²) in [5, 5.41) is 0. The van der Waals surface area contributed by atoms with Crippen molar-refractivity contribution in [1.29, 1.82) is 0 Å². The maximum absolute atomic E-state index is 12.7. The first-order valence-electron chi connectivity index (χ1n) is 8.98. The van der Waals surface area contributed by atoms with Gasteiger partial charge in [-0.1, -0.05) is 12.1 Å². The van der Waals surface area contributed by atoms with Crippen molar-refractivity contribution in [2.75, 3.05) is 40.5 Å². The van der Waals surface area contributed by atoms with Crippen LogP contribution in [0.3, 0.4) is 0 Å². The van der Waals surface area contributed by atoms with Crippen LogP contribution in [0.25, 0.3) is 0 Å². The van der Waals surface area contributed by atoms with Crippen molar-refractivity contribution in [3.63, 3.8) is 0 Å². The number of carbonyl (C=O) groups excluding carboxylic acids is 1. The van der Waals surface area contributed by atoms with Crippen molar-refractivity contribution in [3.8, 4) is 5.75 Å². The highest BCUT2D eigenvalue weighted by Crippen LogP contribution is 2.19. The molecule has 0 bridgehead atoms. The average Bonchev–Trinajstić information content (AvgIpc) is 2.74.